The van der Waals surface area contributed by atoms with E-state index in [1.807, 2.05) is 13.8 Å². The van der Waals surface area contributed by atoms with Crippen molar-refractivity contribution in [1.29, 1.82) is 0 Å². The molecule has 0 heterocycles. The smallest absolute Gasteiger partial charge is 0.00271 e. The summed E-state index contributed by atoms with van der Waals surface area (Å²) in [6.07, 6.45) is 3.75. The minimum absolute atomic E-state index is 0. The van der Waals surface area contributed by atoms with Crippen molar-refractivity contribution in [2.75, 3.05) is 0 Å². The van der Waals surface area contributed by atoms with Gasteiger partial charge >= 0.3 is 0 Å². The van der Waals surface area contributed by atoms with Gasteiger partial charge in [0.05, 0.1) is 0 Å². The standard InChI is InChI=1S/C4H10.C4H6.3C3H8.CH4/c1-4(2)3;1-3-4-2;3*1-3-2;/h4H,1-3H3;1-2H3;3*3H2,1-2H3;1H4. The average Bonchev–Trinajstić information content (AvgIpc) is 2.20. The monoisotopic (exact) mass is 260 g/mol. The Kier molecular flexibility index (Phi) is 140. The zero-order valence-electron chi connectivity index (χ0n) is 14.7. The van der Waals surface area contributed by atoms with E-state index in [2.05, 4.69) is 74.2 Å². The van der Waals surface area contributed by atoms with Crippen LogP contribution < -0.4 is 0 Å². The number of hydrogen-bond acceptors (Lipinski definition) is 0. The fraction of sp³-hybridized carbons (Fsp3) is 0.889. The first-order valence-electron chi connectivity index (χ1n) is 7.22. The Morgan fingerprint density at radius 2 is 0.667 bits per heavy atom. The molecular formula is C18H44. The van der Waals surface area contributed by atoms with Gasteiger partial charge in [0.2, 0.25) is 0 Å². The Morgan fingerprint density at radius 1 is 0.611 bits per heavy atom. The predicted octanol–water partition coefficient (Wildman–Crippen LogP) is 7.58. The second-order valence-electron chi connectivity index (χ2n) is 4.35. The summed E-state index contributed by atoms with van der Waals surface area (Å²) in [4.78, 5) is 0. The third kappa shape index (κ3) is 10500. The Bertz CT molecular complexity index is 87.4. The zero-order chi connectivity index (χ0) is 15.1. The third-order valence-electron chi connectivity index (χ3n) is 0.250. The molecule has 0 atom stereocenters. The van der Waals surface area contributed by atoms with Crippen LogP contribution in [0.1, 0.15) is 103 Å². The van der Waals surface area contributed by atoms with Crippen molar-refractivity contribution >= 4 is 0 Å². The second kappa shape index (κ2) is 70.2. The van der Waals surface area contributed by atoms with Crippen molar-refractivity contribution < 1.29 is 0 Å². The predicted molar refractivity (Wildman–Crippen MR) is 94.3 cm³/mol. The van der Waals surface area contributed by atoms with Gasteiger partial charge in [-0.3, -0.25) is 0 Å². The summed E-state index contributed by atoms with van der Waals surface area (Å²) >= 11 is 0. The molecule has 0 unspecified atom stereocenters. The maximum Gasteiger partial charge on any atom is -0.00271 e. The molecule has 0 saturated carbocycles. The van der Waals surface area contributed by atoms with E-state index in [0.29, 0.717) is 0 Å². The summed E-state index contributed by atoms with van der Waals surface area (Å²) in [5, 5.41) is 0. The van der Waals surface area contributed by atoms with Crippen LogP contribution in [-0.4, -0.2) is 0 Å². The van der Waals surface area contributed by atoms with Crippen LogP contribution in [0, 0.1) is 17.8 Å². The van der Waals surface area contributed by atoms with Gasteiger partial charge < -0.3 is 0 Å². The Hall–Kier alpha value is -0.440. The molecule has 0 heteroatoms. The van der Waals surface area contributed by atoms with Crippen LogP contribution in [0.5, 0.6) is 0 Å². The molecule has 0 rings (SSSR count). The molecule has 0 radical (unpaired) electrons. The van der Waals surface area contributed by atoms with Crippen molar-refractivity contribution in [3.8, 4) is 11.8 Å². The normalized spacial score (nSPS) is 5.78. The highest BCUT2D eigenvalue weighted by atomic mass is 13.7. The summed E-state index contributed by atoms with van der Waals surface area (Å²) in [7, 11) is 0. The van der Waals surface area contributed by atoms with Crippen LogP contribution in [0.3, 0.4) is 0 Å². The number of hydrogen-bond donors (Lipinski definition) is 0. The summed E-state index contributed by atoms with van der Waals surface area (Å²) < 4.78 is 0. The van der Waals surface area contributed by atoms with Gasteiger partial charge in [-0.25, -0.2) is 0 Å². The van der Waals surface area contributed by atoms with Gasteiger partial charge in [-0.2, -0.15) is 0 Å². The molecule has 0 N–H and O–H groups in total. The molecule has 0 amide bonds. The minimum Gasteiger partial charge on any atom is -0.107 e. The quantitative estimate of drug-likeness (QED) is 0.394. The highest BCUT2D eigenvalue weighted by molar-refractivity contribution is 4.89. The van der Waals surface area contributed by atoms with E-state index >= 15 is 0 Å². The van der Waals surface area contributed by atoms with Crippen molar-refractivity contribution in [2.45, 2.75) is 103 Å². The van der Waals surface area contributed by atoms with Crippen LogP contribution >= 0.6 is 0 Å². The zero-order valence-corrected chi connectivity index (χ0v) is 14.7. The third-order valence-corrected chi connectivity index (χ3v) is 0.250. The first kappa shape index (κ1) is 36.0. The van der Waals surface area contributed by atoms with Crippen LogP contribution in [0.25, 0.3) is 0 Å². The molecule has 0 aromatic carbocycles. The van der Waals surface area contributed by atoms with Gasteiger partial charge in [0, 0.05) is 0 Å². The highest BCUT2D eigenvalue weighted by Gasteiger charge is 1.68. The lowest BCUT2D eigenvalue weighted by molar-refractivity contribution is 0.737. The number of rotatable bonds is 0. The van der Waals surface area contributed by atoms with E-state index < -0.39 is 0 Å². The van der Waals surface area contributed by atoms with E-state index in [9.17, 15) is 0 Å². The molecular weight excluding hydrogens is 216 g/mol. The average molecular weight is 261 g/mol. The Morgan fingerprint density at radius 3 is 0.667 bits per heavy atom. The van der Waals surface area contributed by atoms with Crippen molar-refractivity contribution in [2.24, 2.45) is 5.92 Å². The van der Waals surface area contributed by atoms with E-state index in [1.165, 1.54) is 19.3 Å². The molecule has 0 aliphatic heterocycles. The largest absolute Gasteiger partial charge is 0.107 e. The summed E-state index contributed by atoms with van der Waals surface area (Å²) in [5.41, 5.74) is 0. The molecule has 0 aromatic heterocycles. The van der Waals surface area contributed by atoms with E-state index in [0.717, 1.165) is 5.92 Å². The fourth-order valence-electron chi connectivity index (χ4n) is 0. The second-order valence-corrected chi connectivity index (χ2v) is 4.35. The van der Waals surface area contributed by atoms with Crippen LogP contribution in [0.4, 0.5) is 0 Å². The molecule has 0 spiro atoms. The maximum atomic E-state index is 2.68. The molecule has 0 nitrogen and oxygen atoms in total. The molecule has 0 fully saturated rings. The molecule has 116 valence electrons. The highest BCUT2D eigenvalue weighted by Crippen LogP contribution is 1.81. The van der Waals surface area contributed by atoms with Gasteiger partial charge in [-0.15, -0.1) is 11.8 Å². The van der Waals surface area contributed by atoms with E-state index in [-0.39, 0.29) is 7.43 Å². The van der Waals surface area contributed by atoms with Crippen LogP contribution in [0.2, 0.25) is 0 Å². The first-order valence-corrected chi connectivity index (χ1v) is 7.22. The van der Waals surface area contributed by atoms with Gasteiger partial charge in [0.15, 0.2) is 0 Å². The Labute approximate surface area is 121 Å². The lowest BCUT2D eigenvalue weighted by Crippen LogP contribution is -1.66. The topological polar surface area (TPSA) is 0 Å². The SMILES string of the molecule is C.CC#CC.CC(C)C.CCC.CCC.CCC. The Balaban J connectivity index is -0.0000000249. The maximum absolute atomic E-state index is 2.68. The summed E-state index contributed by atoms with van der Waals surface area (Å²) in [6, 6.07) is 0. The van der Waals surface area contributed by atoms with E-state index in [1.54, 1.807) is 0 Å². The lowest BCUT2D eigenvalue weighted by atomic mass is 10.3. The van der Waals surface area contributed by atoms with Crippen LogP contribution in [0.15, 0.2) is 0 Å². The van der Waals surface area contributed by atoms with Gasteiger partial charge in [-0.1, -0.05) is 89.0 Å². The molecule has 0 aliphatic rings. The molecule has 0 aromatic rings. The molecule has 0 aliphatic carbocycles. The first-order chi connectivity index (χ1) is 7.89. The van der Waals surface area contributed by atoms with Crippen molar-refractivity contribution in [3.05, 3.63) is 0 Å². The lowest BCUT2D eigenvalue weighted by Gasteiger charge is -1.79. The van der Waals surface area contributed by atoms with Crippen molar-refractivity contribution in [3.63, 3.8) is 0 Å². The summed E-state index contributed by atoms with van der Waals surface area (Å²) in [5.74, 6) is 6.19. The van der Waals surface area contributed by atoms with Crippen molar-refractivity contribution in [1.82, 2.24) is 0 Å². The fourth-order valence-corrected chi connectivity index (χ4v) is 0. The summed E-state index contributed by atoms with van der Waals surface area (Å²) in [6.45, 7) is 22.9. The molecule has 0 bridgehead atoms. The molecule has 0 saturated heterocycles. The van der Waals surface area contributed by atoms with Gasteiger partial charge in [0.1, 0.15) is 0 Å². The molecule has 18 heavy (non-hydrogen) atoms. The van der Waals surface area contributed by atoms with E-state index in [4.69, 9.17) is 0 Å². The van der Waals surface area contributed by atoms with Gasteiger partial charge in [-0.05, 0) is 19.8 Å². The van der Waals surface area contributed by atoms with Crippen LogP contribution in [-0.2, 0) is 0 Å². The van der Waals surface area contributed by atoms with Gasteiger partial charge in [0.25, 0.3) is 0 Å². The minimum atomic E-state index is 0.